The van der Waals surface area contributed by atoms with Crippen molar-refractivity contribution in [2.75, 3.05) is 19.8 Å². The number of unbranched alkanes of at least 4 members (excludes halogenated alkanes) is 6. The summed E-state index contributed by atoms with van der Waals surface area (Å²) in [5.74, 6) is 5.70. The summed E-state index contributed by atoms with van der Waals surface area (Å²) in [6, 6.07) is 0. The number of hydrogen-bond acceptors (Lipinski definition) is 3. The van der Waals surface area contributed by atoms with Crippen LogP contribution in [0.4, 0.5) is 0 Å². The third-order valence-electron chi connectivity index (χ3n) is 2.44. The average Bonchev–Trinajstić information content (AvgIpc) is 2.33. The van der Waals surface area contributed by atoms with Crippen molar-refractivity contribution in [3.05, 3.63) is 0 Å². The number of ether oxygens (including phenoxy) is 1. The van der Waals surface area contributed by atoms with E-state index in [1.807, 2.05) is 0 Å². The van der Waals surface area contributed by atoms with Crippen LogP contribution in [0.1, 0.15) is 51.9 Å². The lowest BCUT2D eigenvalue weighted by atomic mass is 10.1. The molecule has 0 aliphatic heterocycles. The molecule has 3 nitrogen and oxygen atoms in total. The number of aliphatic hydroxyl groups excluding tert-OH is 2. The molecule has 0 aromatic carbocycles. The molecule has 0 rings (SSSR count). The first-order valence-corrected chi connectivity index (χ1v) is 6.66. The van der Waals surface area contributed by atoms with Crippen LogP contribution in [0.5, 0.6) is 0 Å². The first-order chi connectivity index (χ1) is 8.31. The van der Waals surface area contributed by atoms with Gasteiger partial charge in [-0.15, -0.1) is 5.92 Å². The van der Waals surface area contributed by atoms with E-state index in [-0.39, 0.29) is 19.8 Å². The Hall–Kier alpha value is -0.560. The standard InChI is InChI=1S/C14H26O3/c1-2-3-4-5-6-7-8-9-10-14(16)13-17-12-11-15/h14-16H,2-8,11-13H2,1H3. The maximum absolute atomic E-state index is 9.37. The molecule has 0 saturated carbocycles. The van der Waals surface area contributed by atoms with E-state index >= 15 is 0 Å². The molecule has 0 aromatic rings. The summed E-state index contributed by atoms with van der Waals surface area (Å²) in [5.41, 5.74) is 0. The molecule has 0 amide bonds. The summed E-state index contributed by atoms with van der Waals surface area (Å²) in [6.07, 6.45) is 7.68. The first kappa shape index (κ1) is 16.4. The van der Waals surface area contributed by atoms with E-state index in [1.165, 1.54) is 32.1 Å². The zero-order valence-corrected chi connectivity index (χ0v) is 11.0. The molecule has 100 valence electrons. The van der Waals surface area contributed by atoms with Crippen LogP contribution in [-0.4, -0.2) is 36.1 Å². The Morgan fingerprint density at radius 2 is 1.82 bits per heavy atom. The maximum Gasteiger partial charge on any atom is 0.137 e. The van der Waals surface area contributed by atoms with Crippen LogP contribution in [0.3, 0.4) is 0 Å². The summed E-state index contributed by atoms with van der Waals surface area (Å²) in [7, 11) is 0. The van der Waals surface area contributed by atoms with Crippen molar-refractivity contribution >= 4 is 0 Å². The minimum absolute atomic E-state index is 0.0160. The molecule has 0 aromatic heterocycles. The second-order valence-corrected chi connectivity index (χ2v) is 4.15. The van der Waals surface area contributed by atoms with Gasteiger partial charge in [-0.2, -0.15) is 0 Å². The molecule has 0 heterocycles. The van der Waals surface area contributed by atoms with Crippen molar-refractivity contribution in [2.24, 2.45) is 0 Å². The van der Waals surface area contributed by atoms with E-state index in [4.69, 9.17) is 9.84 Å². The fraction of sp³-hybridized carbons (Fsp3) is 0.857. The molecule has 1 unspecified atom stereocenters. The van der Waals surface area contributed by atoms with Crippen molar-refractivity contribution in [2.45, 2.75) is 58.0 Å². The van der Waals surface area contributed by atoms with E-state index in [2.05, 4.69) is 18.8 Å². The lowest BCUT2D eigenvalue weighted by Crippen LogP contribution is -2.14. The molecule has 2 N–H and O–H groups in total. The van der Waals surface area contributed by atoms with Crippen LogP contribution in [0.15, 0.2) is 0 Å². The van der Waals surface area contributed by atoms with Crippen LogP contribution < -0.4 is 0 Å². The number of aliphatic hydroxyl groups is 2. The fourth-order valence-electron chi connectivity index (χ4n) is 1.48. The molecule has 17 heavy (non-hydrogen) atoms. The van der Waals surface area contributed by atoms with Gasteiger partial charge in [0.05, 0.1) is 19.8 Å². The van der Waals surface area contributed by atoms with Gasteiger partial charge in [-0.05, 0) is 6.42 Å². The third-order valence-corrected chi connectivity index (χ3v) is 2.44. The van der Waals surface area contributed by atoms with Crippen LogP contribution >= 0.6 is 0 Å². The SMILES string of the molecule is CCCCCCCCC#CC(O)COCCO. The van der Waals surface area contributed by atoms with Crippen molar-refractivity contribution in [1.82, 2.24) is 0 Å². The van der Waals surface area contributed by atoms with Crippen LogP contribution in [-0.2, 0) is 4.74 Å². The fourth-order valence-corrected chi connectivity index (χ4v) is 1.48. The van der Waals surface area contributed by atoms with Gasteiger partial charge in [0.15, 0.2) is 0 Å². The van der Waals surface area contributed by atoms with Crippen molar-refractivity contribution in [3.8, 4) is 11.8 Å². The summed E-state index contributed by atoms with van der Waals surface area (Å²) < 4.78 is 4.96. The van der Waals surface area contributed by atoms with Crippen molar-refractivity contribution in [1.29, 1.82) is 0 Å². The van der Waals surface area contributed by atoms with Gasteiger partial charge in [0.2, 0.25) is 0 Å². The number of hydrogen-bond donors (Lipinski definition) is 2. The summed E-state index contributed by atoms with van der Waals surface area (Å²) >= 11 is 0. The summed E-state index contributed by atoms with van der Waals surface area (Å²) in [6.45, 7) is 2.64. The highest BCUT2D eigenvalue weighted by Crippen LogP contribution is 2.06. The predicted octanol–water partition coefficient (Wildman–Crippen LogP) is 2.11. The van der Waals surface area contributed by atoms with E-state index in [0.717, 1.165) is 12.8 Å². The Morgan fingerprint density at radius 3 is 2.53 bits per heavy atom. The zero-order chi connectivity index (χ0) is 12.8. The molecular weight excluding hydrogens is 216 g/mol. The highest BCUT2D eigenvalue weighted by Gasteiger charge is 1.97. The van der Waals surface area contributed by atoms with Gasteiger partial charge >= 0.3 is 0 Å². The molecule has 1 atom stereocenters. The highest BCUT2D eigenvalue weighted by molar-refractivity contribution is 5.04. The Morgan fingerprint density at radius 1 is 1.12 bits per heavy atom. The molecule has 0 spiro atoms. The normalized spacial score (nSPS) is 11.9. The van der Waals surface area contributed by atoms with Gasteiger partial charge < -0.3 is 14.9 Å². The molecule has 0 radical (unpaired) electrons. The summed E-state index contributed by atoms with van der Waals surface area (Å²) in [4.78, 5) is 0. The maximum atomic E-state index is 9.37. The van der Waals surface area contributed by atoms with Gasteiger partial charge in [-0.3, -0.25) is 0 Å². The molecule has 0 saturated heterocycles. The second-order valence-electron chi connectivity index (χ2n) is 4.15. The first-order valence-electron chi connectivity index (χ1n) is 6.66. The lowest BCUT2D eigenvalue weighted by Gasteiger charge is -2.03. The highest BCUT2D eigenvalue weighted by atomic mass is 16.5. The van der Waals surface area contributed by atoms with E-state index in [0.29, 0.717) is 0 Å². The quantitative estimate of drug-likeness (QED) is 0.455. The van der Waals surface area contributed by atoms with Gasteiger partial charge in [0.1, 0.15) is 6.10 Å². The smallest absolute Gasteiger partial charge is 0.137 e. The lowest BCUT2D eigenvalue weighted by molar-refractivity contribution is 0.0433. The Balaban J connectivity index is 3.28. The Bertz CT molecular complexity index is 205. The van der Waals surface area contributed by atoms with E-state index in [1.54, 1.807) is 0 Å². The van der Waals surface area contributed by atoms with Gasteiger partial charge in [0, 0.05) is 6.42 Å². The number of rotatable bonds is 10. The molecule has 3 heteroatoms. The van der Waals surface area contributed by atoms with Gasteiger partial charge in [-0.1, -0.05) is 44.9 Å². The summed E-state index contributed by atoms with van der Waals surface area (Å²) in [5, 5.41) is 17.8. The van der Waals surface area contributed by atoms with Crippen LogP contribution in [0, 0.1) is 11.8 Å². The zero-order valence-electron chi connectivity index (χ0n) is 11.0. The average molecular weight is 242 g/mol. The molecule has 0 aliphatic rings. The van der Waals surface area contributed by atoms with Crippen molar-refractivity contribution < 1.29 is 14.9 Å². The predicted molar refractivity (Wildman–Crippen MR) is 69.7 cm³/mol. The molecular formula is C14H26O3. The Kier molecular flexibility index (Phi) is 13.1. The Labute approximate surface area is 105 Å². The van der Waals surface area contributed by atoms with Gasteiger partial charge in [-0.25, -0.2) is 0 Å². The van der Waals surface area contributed by atoms with E-state index in [9.17, 15) is 5.11 Å². The topological polar surface area (TPSA) is 49.7 Å². The third kappa shape index (κ3) is 13.4. The second kappa shape index (κ2) is 13.5. The van der Waals surface area contributed by atoms with Crippen LogP contribution in [0.25, 0.3) is 0 Å². The molecule has 0 fully saturated rings. The van der Waals surface area contributed by atoms with Gasteiger partial charge in [0.25, 0.3) is 0 Å². The molecule has 0 bridgehead atoms. The molecule has 0 aliphatic carbocycles. The minimum atomic E-state index is -0.721. The largest absolute Gasteiger partial charge is 0.394 e. The van der Waals surface area contributed by atoms with E-state index < -0.39 is 6.10 Å². The van der Waals surface area contributed by atoms with Crippen LogP contribution in [0.2, 0.25) is 0 Å². The monoisotopic (exact) mass is 242 g/mol. The van der Waals surface area contributed by atoms with Crippen molar-refractivity contribution in [3.63, 3.8) is 0 Å². The minimum Gasteiger partial charge on any atom is -0.394 e.